The molecule has 1 aliphatic rings. The Bertz CT molecular complexity index is 1440. The highest BCUT2D eigenvalue weighted by Crippen LogP contribution is 2.31. The van der Waals surface area contributed by atoms with Gasteiger partial charge in [0.25, 0.3) is 11.5 Å². The van der Waals surface area contributed by atoms with E-state index < -0.39 is 27.3 Å². The van der Waals surface area contributed by atoms with Crippen molar-refractivity contribution in [3.05, 3.63) is 56.7 Å². The molecular formula is C24H29FN4O6S2. The molecule has 37 heavy (non-hydrogen) atoms. The highest BCUT2D eigenvalue weighted by Gasteiger charge is 2.25. The Hall–Kier alpha value is -2.87. The second kappa shape index (κ2) is 11.7. The van der Waals surface area contributed by atoms with Crippen LogP contribution in [0.1, 0.15) is 41.0 Å². The number of rotatable bonds is 11. The van der Waals surface area contributed by atoms with Gasteiger partial charge in [0.05, 0.1) is 25.4 Å². The third kappa shape index (κ3) is 7.12. The molecule has 0 bridgehead atoms. The number of nitrogens with one attached hydrogen (secondary N) is 3. The van der Waals surface area contributed by atoms with Crippen LogP contribution in [0.25, 0.3) is 10.2 Å². The molecule has 200 valence electrons. The van der Waals surface area contributed by atoms with Gasteiger partial charge in [-0.2, -0.15) is 0 Å². The minimum absolute atomic E-state index is 0.0738. The van der Waals surface area contributed by atoms with Gasteiger partial charge in [-0.3, -0.25) is 9.59 Å². The van der Waals surface area contributed by atoms with Crippen molar-refractivity contribution in [2.24, 2.45) is 11.8 Å². The van der Waals surface area contributed by atoms with Crippen molar-refractivity contribution in [2.75, 3.05) is 26.5 Å². The molecule has 0 aliphatic heterocycles. The number of fused-ring (bicyclic) bond motifs is 1. The third-order valence-corrected chi connectivity index (χ3v) is 7.91. The fourth-order valence-electron chi connectivity index (χ4n) is 4.42. The summed E-state index contributed by atoms with van der Waals surface area (Å²) >= 11 is 1.26. The number of ether oxygens (including phenoxy) is 2. The number of amides is 1. The van der Waals surface area contributed by atoms with Crippen molar-refractivity contribution in [1.82, 2.24) is 20.0 Å². The van der Waals surface area contributed by atoms with Crippen molar-refractivity contribution < 1.29 is 27.1 Å². The Morgan fingerprint density at radius 3 is 2.84 bits per heavy atom. The summed E-state index contributed by atoms with van der Waals surface area (Å²) in [6.07, 6.45) is 3.95. The zero-order valence-corrected chi connectivity index (χ0v) is 22.1. The van der Waals surface area contributed by atoms with E-state index in [0.29, 0.717) is 46.3 Å². The lowest BCUT2D eigenvalue weighted by molar-refractivity contribution is 0.0885. The number of thiophene rings is 1. The molecular weight excluding hydrogens is 523 g/mol. The zero-order chi connectivity index (χ0) is 26.6. The van der Waals surface area contributed by atoms with E-state index in [1.54, 1.807) is 5.38 Å². The lowest BCUT2D eigenvalue weighted by Gasteiger charge is -2.12. The number of methoxy groups -OCH3 is 1. The fraction of sp³-hybridized carbons (Fsp3) is 0.458. The topological polar surface area (TPSA) is 139 Å². The molecule has 1 amide bonds. The minimum Gasteiger partial charge on any atom is -0.494 e. The van der Waals surface area contributed by atoms with Crippen LogP contribution in [0, 0.1) is 17.7 Å². The van der Waals surface area contributed by atoms with Crippen LogP contribution in [0.5, 0.6) is 5.75 Å². The Kier molecular flexibility index (Phi) is 8.57. The van der Waals surface area contributed by atoms with Gasteiger partial charge in [-0.1, -0.05) is 6.07 Å². The molecule has 0 saturated heterocycles. The number of aromatic nitrogens is 2. The Morgan fingerprint density at radius 2 is 2.08 bits per heavy atom. The first-order chi connectivity index (χ1) is 17.6. The molecule has 4 rings (SSSR count). The van der Waals surface area contributed by atoms with E-state index in [0.717, 1.165) is 25.5 Å². The summed E-state index contributed by atoms with van der Waals surface area (Å²) in [6.45, 7) is 1.31. The molecule has 0 spiro atoms. The highest BCUT2D eigenvalue weighted by molar-refractivity contribution is 7.88. The predicted molar refractivity (Wildman–Crippen MR) is 138 cm³/mol. The Labute approximate surface area is 217 Å². The molecule has 2 unspecified atom stereocenters. The monoisotopic (exact) mass is 552 g/mol. The first kappa shape index (κ1) is 27.2. The maximum absolute atomic E-state index is 13.6. The number of carbonyl (C=O) groups is 1. The molecule has 3 N–H and O–H groups in total. The van der Waals surface area contributed by atoms with Crippen LogP contribution in [-0.4, -0.2) is 50.8 Å². The Balaban J connectivity index is 1.32. The van der Waals surface area contributed by atoms with E-state index in [1.165, 1.54) is 36.6 Å². The number of nitrogens with zero attached hydrogens (tertiary/aromatic N) is 1. The van der Waals surface area contributed by atoms with E-state index in [1.807, 2.05) is 0 Å². The molecule has 2 heterocycles. The summed E-state index contributed by atoms with van der Waals surface area (Å²) in [4.78, 5) is 32.6. The van der Waals surface area contributed by atoms with Gasteiger partial charge < -0.3 is 19.8 Å². The van der Waals surface area contributed by atoms with Gasteiger partial charge >= 0.3 is 0 Å². The number of halogens is 1. The summed E-state index contributed by atoms with van der Waals surface area (Å²) in [7, 11) is -1.83. The number of carbonyl (C=O) groups excluding carboxylic acids is 1. The summed E-state index contributed by atoms with van der Waals surface area (Å²) in [5, 5.41) is 4.86. The number of benzene rings is 1. The second-order valence-electron chi connectivity index (χ2n) is 9.19. The van der Waals surface area contributed by atoms with E-state index >= 15 is 0 Å². The van der Waals surface area contributed by atoms with Gasteiger partial charge in [-0.05, 0) is 54.2 Å². The average molecular weight is 553 g/mol. The van der Waals surface area contributed by atoms with Crippen molar-refractivity contribution >= 4 is 37.5 Å². The van der Waals surface area contributed by atoms with Crippen LogP contribution in [0.2, 0.25) is 0 Å². The third-order valence-electron chi connectivity index (χ3n) is 6.30. The molecule has 1 fully saturated rings. The van der Waals surface area contributed by atoms with Gasteiger partial charge in [0.15, 0.2) is 11.6 Å². The van der Waals surface area contributed by atoms with Crippen LogP contribution in [-0.2, 0) is 27.9 Å². The normalized spacial score (nSPS) is 17.8. The minimum atomic E-state index is -3.19. The van der Waals surface area contributed by atoms with Gasteiger partial charge in [-0.15, -0.1) is 11.3 Å². The molecule has 3 aromatic rings. The summed E-state index contributed by atoms with van der Waals surface area (Å²) in [5.41, 5.74) is 0.907. The molecule has 1 aromatic carbocycles. The van der Waals surface area contributed by atoms with E-state index in [4.69, 9.17) is 9.47 Å². The first-order valence-electron chi connectivity index (χ1n) is 11.8. The fourth-order valence-corrected chi connectivity index (χ4v) is 5.88. The summed E-state index contributed by atoms with van der Waals surface area (Å²) in [5.74, 6) is -0.461. The van der Waals surface area contributed by atoms with Crippen molar-refractivity contribution in [3.8, 4) is 5.75 Å². The molecule has 1 saturated carbocycles. The lowest BCUT2D eigenvalue weighted by Crippen LogP contribution is -2.27. The first-order valence-corrected chi connectivity index (χ1v) is 14.5. The van der Waals surface area contributed by atoms with Gasteiger partial charge in [0.2, 0.25) is 15.8 Å². The van der Waals surface area contributed by atoms with E-state index in [9.17, 15) is 22.4 Å². The van der Waals surface area contributed by atoms with E-state index in [2.05, 4.69) is 20.0 Å². The zero-order valence-electron chi connectivity index (χ0n) is 20.5. The van der Waals surface area contributed by atoms with Crippen molar-refractivity contribution in [3.63, 3.8) is 0 Å². The standard InChI is InChI=1S/C24H29FN4O6S2/c1-34-19-8-15(5-6-18(19)25)9-26-23(31)21-28-22(30)20-17(13-36-24(20)29-21)12-35-11-16-4-3-14(7-16)10-27-37(2,32)33/h5-6,8,13-14,16,27H,3-4,7,9-12H2,1-2H3,(H,26,31)(H,28,29,30). The molecule has 10 nitrogen and oxygen atoms in total. The van der Waals surface area contributed by atoms with E-state index in [-0.39, 0.29) is 24.7 Å². The number of hydrogen-bond donors (Lipinski definition) is 3. The molecule has 2 atom stereocenters. The average Bonchev–Trinajstić information content (AvgIpc) is 3.49. The lowest BCUT2D eigenvalue weighted by atomic mass is 10.1. The largest absolute Gasteiger partial charge is 0.494 e. The smallest absolute Gasteiger partial charge is 0.287 e. The number of hydrogen-bond acceptors (Lipinski definition) is 8. The van der Waals surface area contributed by atoms with Crippen LogP contribution in [0.3, 0.4) is 0 Å². The molecule has 0 radical (unpaired) electrons. The van der Waals surface area contributed by atoms with Crippen LogP contribution in [0.4, 0.5) is 4.39 Å². The number of aromatic amines is 1. The SMILES string of the molecule is COc1cc(CNC(=O)c2nc3scc(COCC4CCC(CNS(C)(=O)=O)C4)c3c(=O)[nH]2)ccc1F. The van der Waals surface area contributed by atoms with Crippen molar-refractivity contribution in [2.45, 2.75) is 32.4 Å². The molecule has 2 aromatic heterocycles. The number of H-pyrrole nitrogens is 1. The van der Waals surface area contributed by atoms with Gasteiger partial charge in [-0.25, -0.2) is 22.5 Å². The highest BCUT2D eigenvalue weighted by atomic mass is 32.2. The van der Waals surface area contributed by atoms with Crippen LogP contribution >= 0.6 is 11.3 Å². The Morgan fingerprint density at radius 1 is 1.30 bits per heavy atom. The quantitative estimate of drug-likeness (QED) is 0.332. The molecule has 1 aliphatic carbocycles. The number of sulfonamides is 1. The summed E-state index contributed by atoms with van der Waals surface area (Å²) < 4.78 is 49.5. The van der Waals surface area contributed by atoms with Gasteiger partial charge in [0.1, 0.15) is 4.83 Å². The van der Waals surface area contributed by atoms with Gasteiger partial charge in [0, 0.05) is 25.3 Å². The second-order valence-corrected chi connectivity index (χ2v) is 11.9. The van der Waals surface area contributed by atoms with Crippen molar-refractivity contribution in [1.29, 1.82) is 0 Å². The summed E-state index contributed by atoms with van der Waals surface area (Å²) in [6, 6.07) is 4.27. The predicted octanol–water partition coefficient (Wildman–Crippen LogP) is 2.54. The van der Waals surface area contributed by atoms with Crippen LogP contribution in [0.15, 0.2) is 28.4 Å². The van der Waals surface area contributed by atoms with Crippen LogP contribution < -0.4 is 20.3 Å². The molecule has 13 heteroatoms. The maximum Gasteiger partial charge on any atom is 0.287 e. The maximum atomic E-state index is 13.6.